The second-order valence-corrected chi connectivity index (χ2v) is 7.70. The Morgan fingerprint density at radius 2 is 1.86 bits per heavy atom. The van der Waals surface area contributed by atoms with Gasteiger partial charge < -0.3 is 9.84 Å². The second kappa shape index (κ2) is 7.08. The van der Waals surface area contributed by atoms with E-state index in [1.165, 1.54) is 19.2 Å². The van der Waals surface area contributed by atoms with E-state index in [1.54, 1.807) is 12.1 Å². The Hall–Kier alpha value is -0.960. The number of aliphatic hydroxyl groups excluding tert-OH is 1. The van der Waals surface area contributed by atoms with Crippen molar-refractivity contribution in [2.24, 2.45) is 5.92 Å². The lowest BCUT2D eigenvalue weighted by molar-refractivity contribution is -0.149. The molecule has 1 N–H and O–H groups in total. The van der Waals surface area contributed by atoms with E-state index >= 15 is 0 Å². The van der Waals surface area contributed by atoms with Crippen molar-refractivity contribution in [3.63, 3.8) is 0 Å². The van der Waals surface area contributed by atoms with E-state index in [2.05, 4.69) is 20.7 Å². The van der Waals surface area contributed by atoms with Gasteiger partial charge in [-0.15, -0.1) is 0 Å². The molecular weight excluding hydrogens is 376 g/mol. The third kappa shape index (κ3) is 4.28. The van der Waals surface area contributed by atoms with Crippen LogP contribution in [0.2, 0.25) is 0 Å². The SMILES string of the molecule is COC(=O)[C@@H]1C[C@@H](O)C[C@H](OS(=O)(=O)c2ccc(Br)cc2)C1. The zero-order valence-electron chi connectivity index (χ0n) is 11.9. The number of rotatable bonds is 4. The van der Waals surface area contributed by atoms with Gasteiger partial charge in [0.25, 0.3) is 10.1 Å². The van der Waals surface area contributed by atoms with Gasteiger partial charge in [0.2, 0.25) is 0 Å². The number of hydrogen-bond acceptors (Lipinski definition) is 6. The van der Waals surface area contributed by atoms with Gasteiger partial charge in [-0.1, -0.05) is 15.9 Å². The van der Waals surface area contributed by atoms with E-state index in [1.807, 2.05) is 0 Å². The lowest BCUT2D eigenvalue weighted by Crippen LogP contribution is -2.36. The van der Waals surface area contributed by atoms with E-state index < -0.39 is 34.2 Å². The smallest absolute Gasteiger partial charge is 0.308 e. The van der Waals surface area contributed by atoms with Crippen LogP contribution in [-0.2, 0) is 23.8 Å². The van der Waals surface area contributed by atoms with Crippen LogP contribution >= 0.6 is 15.9 Å². The number of esters is 1. The number of methoxy groups -OCH3 is 1. The molecule has 1 aliphatic rings. The Bertz CT molecular complexity index is 627. The van der Waals surface area contributed by atoms with Crippen molar-refractivity contribution in [1.29, 1.82) is 0 Å². The van der Waals surface area contributed by atoms with Gasteiger partial charge in [-0.05, 0) is 37.1 Å². The number of ether oxygens (including phenoxy) is 1. The molecule has 0 heterocycles. The van der Waals surface area contributed by atoms with Gasteiger partial charge in [-0.25, -0.2) is 0 Å². The van der Waals surface area contributed by atoms with Crippen LogP contribution < -0.4 is 0 Å². The highest BCUT2D eigenvalue weighted by Crippen LogP contribution is 2.30. The molecule has 0 spiro atoms. The fourth-order valence-electron chi connectivity index (χ4n) is 2.51. The topological polar surface area (TPSA) is 89.9 Å². The largest absolute Gasteiger partial charge is 0.469 e. The molecule has 1 aromatic carbocycles. The normalized spacial score (nSPS) is 25.7. The molecule has 2 rings (SSSR count). The first-order valence-electron chi connectivity index (χ1n) is 6.76. The maximum atomic E-state index is 12.2. The molecule has 0 amide bonds. The summed E-state index contributed by atoms with van der Waals surface area (Å²) in [5.74, 6) is -1.02. The van der Waals surface area contributed by atoms with Crippen LogP contribution in [0.1, 0.15) is 19.3 Å². The Balaban J connectivity index is 2.11. The molecule has 0 bridgehead atoms. The van der Waals surface area contributed by atoms with Gasteiger partial charge in [-0.2, -0.15) is 8.42 Å². The zero-order valence-corrected chi connectivity index (χ0v) is 14.3. The van der Waals surface area contributed by atoms with Gasteiger partial charge in [0.05, 0.1) is 30.1 Å². The minimum absolute atomic E-state index is 0.0328. The first-order chi connectivity index (χ1) is 10.3. The molecule has 3 atom stereocenters. The van der Waals surface area contributed by atoms with Crippen molar-refractivity contribution in [3.8, 4) is 0 Å². The summed E-state index contributed by atoms with van der Waals surface area (Å²) in [6.07, 6.45) is -0.905. The van der Waals surface area contributed by atoms with Crippen molar-refractivity contribution in [2.75, 3.05) is 7.11 Å². The summed E-state index contributed by atoms with van der Waals surface area (Å²) < 4.78 is 35.1. The van der Waals surface area contributed by atoms with E-state index in [-0.39, 0.29) is 24.2 Å². The summed E-state index contributed by atoms with van der Waals surface area (Å²) in [6, 6.07) is 6.05. The molecule has 0 unspecified atom stereocenters. The Kier molecular flexibility index (Phi) is 5.60. The van der Waals surface area contributed by atoms with E-state index in [0.717, 1.165) is 4.47 Å². The third-order valence-corrected chi connectivity index (χ3v) is 5.44. The van der Waals surface area contributed by atoms with Crippen molar-refractivity contribution in [3.05, 3.63) is 28.7 Å². The summed E-state index contributed by atoms with van der Waals surface area (Å²) >= 11 is 3.23. The van der Waals surface area contributed by atoms with Gasteiger partial charge in [0, 0.05) is 10.9 Å². The molecule has 0 radical (unpaired) electrons. The first-order valence-corrected chi connectivity index (χ1v) is 8.96. The van der Waals surface area contributed by atoms with Gasteiger partial charge in [-0.3, -0.25) is 8.98 Å². The number of carbonyl (C=O) groups is 1. The van der Waals surface area contributed by atoms with Crippen LogP contribution in [0.5, 0.6) is 0 Å². The maximum absolute atomic E-state index is 12.2. The number of halogens is 1. The monoisotopic (exact) mass is 392 g/mol. The van der Waals surface area contributed by atoms with Gasteiger partial charge >= 0.3 is 5.97 Å². The molecule has 0 aliphatic heterocycles. The van der Waals surface area contributed by atoms with Crippen molar-refractivity contribution >= 4 is 32.0 Å². The van der Waals surface area contributed by atoms with Gasteiger partial charge in [0.1, 0.15) is 0 Å². The third-order valence-electron chi connectivity index (χ3n) is 3.54. The Morgan fingerprint density at radius 1 is 1.23 bits per heavy atom. The van der Waals surface area contributed by atoms with Crippen LogP contribution in [0, 0.1) is 5.92 Å². The minimum atomic E-state index is -3.94. The molecule has 6 nitrogen and oxygen atoms in total. The molecule has 1 aromatic rings. The molecular formula is C14H17BrO6S. The predicted octanol–water partition coefficient (Wildman–Crippen LogP) is 1.86. The van der Waals surface area contributed by atoms with Crippen molar-refractivity contribution < 1.29 is 27.2 Å². The molecule has 1 fully saturated rings. The lowest BCUT2D eigenvalue weighted by Gasteiger charge is -2.30. The van der Waals surface area contributed by atoms with Gasteiger partial charge in [0.15, 0.2) is 0 Å². The molecule has 0 saturated heterocycles. The summed E-state index contributed by atoms with van der Waals surface area (Å²) in [6.45, 7) is 0. The van der Waals surface area contributed by atoms with Crippen LogP contribution in [0.3, 0.4) is 0 Å². The highest BCUT2D eigenvalue weighted by atomic mass is 79.9. The number of carbonyl (C=O) groups excluding carboxylic acids is 1. The highest BCUT2D eigenvalue weighted by molar-refractivity contribution is 9.10. The molecule has 22 heavy (non-hydrogen) atoms. The predicted molar refractivity (Wildman–Crippen MR) is 81.6 cm³/mol. The lowest BCUT2D eigenvalue weighted by atomic mass is 9.85. The fraction of sp³-hybridized carbons (Fsp3) is 0.500. The zero-order chi connectivity index (χ0) is 16.3. The summed E-state index contributed by atoms with van der Waals surface area (Å²) in [5.41, 5.74) is 0. The van der Waals surface area contributed by atoms with E-state index in [4.69, 9.17) is 4.18 Å². The summed E-state index contributed by atoms with van der Waals surface area (Å²) in [7, 11) is -2.68. The molecule has 0 aromatic heterocycles. The standard InChI is InChI=1S/C14H17BrO6S/c1-20-14(17)9-6-11(16)8-12(7-9)21-22(18,19)13-4-2-10(15)3-5-13/h2-5,9,11-12,16H,6-8H2,1H3/t9-,11-,12-/m1/s1. The fourth-order valence-corrected chi connectivity index (χ4v) is 3.87. The Labute approximate surface area is 137 Å². The maximum Gasteiger partial charge on any atom is 0.308 e. The van der Waals surface area contributed by atoms with Crippen LogP contribution in [0.4, 0.5) is 0 Å². The highest BCUT2D eigenvalue weighted by Gasteiger charge is 2.35. The molecule has 1 saturated carbocycles. The Morgan fingerprint density at radius 3 is 2.45 bits per heavy atom. The average Bonchev–Trinajstić information content (AvgIpc) is 2.45. The van der Waals surface area contributed by atoms with E-state index in [0.29, 0.717) is 0 Å². The summed E-state index contributed by atoms with van der Waals surface area (Å²) in [4.78, 5) is 11.6. The first kappa shape index (κ1) is 17.4. The average molecular weight is 393 g/mol. The van der Waals surface area contributed by atoms with Crippen molar-refractivity contribution in [1.82, 2.24) is 0 Å². The molecule has 122 valence electrons. The molecule has 8 heteroatoms. The minimum Gasteiger partial charge on any atom is -0.469 e. The number of hydrogen-bond donors (Lipinski definition) is 1. The number of aliphatic hydroxyl groups is 1. The van der Waals surface area contributed by atoms with Crippen LogP contribution in [-0.4, -0.2) is 38.8 Å². The second-order valence-electron chi connectivity index (χ2n) is 5.21. The van der Waals surface area contributed by atoms with E-state index in [9.17, 15) is 18.3 Å². The summed E-state index contributed by atoms with van der Waals surface area (Å²) in [5, 5.41) is 9.81. The molecule has 1 aliphatic carbocycles. The number of benzene rings is 1. The van der Waals surface area contributed by atoms with Crippen molar-refractivity contribution in [2.45, 2.75) is 36.4 Å². The van der Waals surface area contributed by atoms with Crippen LogP contribution in [0.15, 0.2) is 33.6 Å². The quantitative estimate of drug-likeness (QED) is 0.621. The van der Waals surface area contributed by atoms with Crippen LogP contribution in [0.25, 0.3) is 0 Å².